The first-order chi connectivity index (χ1) is 14.7. The Morgan fingerprint density at radius 2 is 1.87 bits per heavy atom. The number of nitrogens with one attached hydrogen (secondary N) is 1. The summed E-state index contributed by atoms with van der Waals surface area (Å²) in [5, 5.41) is 18.1. The number of aliphatic hydroxyl groups is 1. The van der Waals surface area contributed by atoms with E-state index in [4.69, 9.17) is 0 Å². The van der Waals surface area contributed by atoms with Crippen molar-refractivity contribution in [3.05, 3.63) is 59.8 Å². The number of hydrogen-bond donors (Lipinski definition) is 2. The Bertz CT molecular complexity index is 1250. The van der Waals surface area contributed by atoms with Gasteiger partial charge in [-0.15, -0.1) is 0 Å². The SMILES string of the molecule is CCC(CO)NC(=O)c1ccc2c(c1)c1cn(C)nc1n2-c1ccc(C(F)(F)F)cc1. The van der Waals surface area contributed by atoms with Gasteiger partial charge in [0.25, 0.3) is 5.91 Å². The van der Waals surface area contributed by atoms with E-state index in [2.05, 4.69) is 10.4 Å². The number of rotatable bonds is 5. The minimum atomic E-state index is -4.41. The number of aryl methyl sites for hydroxylation is 1. The summed E-state index contributed by atoms with van der Waals surface area (Å²) >= 11 is 0. The molecule has 2 aromatic carbocycles. The van der Waals surface area contributed by atoms with E-state index in [9.17, 15) is 23.1 Å². The highest BCUT2D eigenvalue weighted by Crippen LogP contribution is 2.34. The molecule has 0 aliphatic rings. The molecule has 2 heterocycles. The minimum absolute atomic E-state index is 0.151. The Kier molecular flexibility index (Phi) is 5.22. The Hall–Kier alpha value is -3.33. The molecule has 31 heavy (non-hydrogen) atoms. The van der Waals surface area contributed by atoms with Crippen molar-refractivity contribution in [2.24, 2.45) is 7.05 Å². The topological polar surface area (TPSA) is 72.1 Å². The van der Waals surface area contributed by atoms with Crippen LogP contribution < -0.4 is 5.32 Å². The summed E-state index contributed by atoms with van der Waals surface area (Å²) in [7, 11) is 1.76. The Labute approximate surface area is 175 Å². The van der Waals surface area contributed by atoms with E-state index < -0.39 is 11.7 Å². The first-order valence-corrected chi connectivity index (χ1v) is 9.80. The zero-order valence-electron chi connectivity index (χ0n) is 16.9. The van der Waals surface area contributed by atoms with Crippen LogP contribution in [0.3, 0.4) is 0 Å². The Morgan fingerprint density at radius 3 is 2.48 bits per heavy atom. The fraction of sp³-hybridized carbons (Fsp3) is 0.273. The molecular formula is C22H21F3N4O2. The Morgan fingerprint density at radius 1 is 1.16 bits per heavy atom. The highest BCUT2D eigenvalue weighted by molar-refractivity contribution is 6.10. The zero-order chi connectivity index (χ0) is 22.3. The number of halogens is 3. The number of amides is 1. The Balaban J connectivity index is 1.84. The molecule has 0 radical (unpaired) electrons. The lowest BCUT2D eigenvalue weighted by Gasteiger charge is -2.14. The number of carbonyl (C=O) groups excluding carboxylic acids is 1. The predicted octanol–water partition coefficient (Wildman–Crippen LogP) is 4.04. The number of aromatic nitrogens is 3. The van der Waals surface area contributed by atoms with E-state index in [-0.39, 0.29) is 18.6 Å². The fourth-order valence-electron chi connectivity index (χ4n) is 3.64. The van der Waals surface area contributed by atoms with Crippen LogP contribution in [-0.4, -0.2) is 38.0 Å². The number of carbonyl (C=O) groups is 1. The molecule has 4 aromatic rings. The highest BCUT2D eigenvalue weighted by atomic mass is 19.4. The average molecular weight is 430 g/mol. The number of benzene rings is 2. The van der Waals surface area contributed by atoms with Crippen molar-refractivity contribution in [2.75, 3.05) is 6.61 Å². The summed E-state index contributed by atoms with van der Waals surface area (Å²) in [5.41, 5.74) is 1.54. The highest BCUT2D eigenvalue weighted by Gasteiger charge is 2.30. The molecule has 0 fully saturated rings. The van der Waals surface area contributed by atoms with Crippen LogP contribution in [0.4, 0.5) is 13.2 Å². The summed E-state index contributed by atoms with van der Waals surface area (Å²) in [6.07, 6.45) is -2.01. The molecule has 2 aromatic heterocycles. The third-order valence-electron chi connectivity index (χ3n) is 5.31. The van der Waals surface area contributed by atoms with Gasteiger partial charge in [0.15, 0.2) is 5.65 Å². The van der Waals surface area contributed by atoms with Crippen LogP contribution in [0.5, 0.6) is 0 Å². The van der Waals surface area contributed by atoms with E-state index in [0.29, 0.717) is 23.3 Å². The van der Waals surface area contributed by atoms with E-state index in [1.54, 1.807) is 34.5 Å². The normalized spacial score (nSPS) is 13.1. The fourth-order valence-corrected chi connectivity index (χ4v) is 3.64. The summed E-state index contributed by atoms with van der Waals surface area (Å²) in [6.45, 7) is 1.72. The molecular weight excluding hydrogens is 409 g/mol. The van der Waals surface area contributed by atoms with Gasteiger partial charge in [-0.3, -0.25) is 14.0 Å². The van der Waals surface area contributed by atoms with Crippen LogP contribution in [0.25, 0.3) is 27.6 Å². The molecule has 6 nitrogen and oxygen atoms in total. The van der Waals surface area contributed by atoms with Crippen molar-refractivity contribution in [3.63, 3.8) is 0 Å². The molecule has 162 valence electrons. The maximum absolute atomic E-state index is 13.0. The second-order valence-electron chi connectivity index (χ2n) is 7.41. The maximum atomic E-state index is 13.0. The molecule has 0 aliphatic heterocycles. The number of aliphatic hydroxyl groups excluding tert-OH is 1. The smallest absolute Gasteiger partial charge is 0.394 e. The third kappa shape index (κ3) is 3.76. The van der Waals surface area contributed by atoms with E-state index in [0.717, 1.165) is 28.4 Å². The number of fused-ring (bicyclic) bond motifs is 3. The molecule has 0 spiro atoms. The summed E-state index contributed by atoms with van der Waals surface area (Å²) < 4.78 is 42.3. The molecule has 1 atom stereocenters. The van der Waals surface area contributed by atoms with Crippen molar-refractivity contribution in [1.82, 2.24) is 19.7 Å². The van der Waals surface area contributed by atoms with Gasteiger partial charge in [-0.2, -0.15) is 18.3 Å². The van der Waals surface area contributed by atoms with E-state index in [1.807, 2.05) is 13.1 Å². The van der Waals surface area contributed by atoms with Gasteiger partial charge in [0.1, 0.15) is 0 Å². The first-order valence-electron chi connectivity index (χ1n) is 9.80. The second-order valence-corrected chi connectivity index (χ2v) is 7.41. The lowest BCUT2D eigenvalue weighted by molar-refractivity contribution is -0.137. The largest absolute Gasteiger partial charge is 0.416 e. The quantitative estimate of drug-likeness (QED) is 0.502. The van der Waals surface area contributed by atoms with E-state index >= 15 is 0 Å². The molecule has 0 bridgehead atoms. The zero-order valence-corrected chi connectivity index (χ0v) is 16.9. The average Bonchev–Trinajstić information content (AvgIpc) is 3.25. The van der Waals surface area contributed by atoms with Crippen LogP contribution in [0.15, 0.2) is 48.7 Å². The van der Waals surface area contributed by atoms with Gasteiger partial charge >= 0.3 is 6.18 Å². The lowest BCUT2D eigenvalue weighted by atomic mass is 10.1. The van der Waals surface area contributed by atoms with Gasteiger partial charge in [0.2, 0.25) is 0 Å². The molecule has 1 amide bonds. The minimum Gasteiger partial charge on any atom is -0.394 e. The molecule has 4 rings (SSSR count). The monoisotopic (exact) mass is 430 g/mol. The van der Waals surface area contributed by atoms with Crippen LogP contribution in [0, 0.1) is 0 Å². The molecule has 0 saturated carbocycles. The van der Waals surface area contributed by atoms with Gasteiger partial charge in [-0.25, -0.2) is 0 Å². The maximum Gasteiger partial charge on any atom is 0.416 e. The first kappa shape index (κ1) is 20.9. The van der Waals surface area contributed by atoms with Gasteiger partial charge in [0.05, 0.1) is 23.7 Å². The van der Waals surface area contributed by atoms with E-state index in [1.165, 1.54) is 12.1 Å². The number of alkyl halides is 3. The molecule has 2 N–H and O–H groups in total. The van der Waals surface area contributed by atoms with Crippen LogP contribution in [0.2, 0.25) is 0 Å². The van der Waals surface area contributed by atoms with Crippen molar-refractivity contribution < 1.29 is 23.1 Å². The van der Waals surface area contributed by atoms with Gasteiger partial charge in [-0.05, 0) is 48.9 Å². The molecule has 0 saturated heterocycles. The van der Waals surface area contributed by atoms with Gasteiger partial charge in [-0.1, -0.05) is 6.92 Å². The van der Waals surface area contributed by atoms with Crippen LogP contribution in [0.1, 0.15) is 29.3 Å². The van der Waals surface area contributed by atoms with Crippen molar-refractivity contribution in [1.29, 1.82) is 0 Å². The molecule has 1 unspecified atom stereocenters. The lowest BCUT2D eigenvalue weighted by Crippen LogP contribution is -2.36. The van der Waals surface area contributed by atoms with Crippen molar-refractivity contribution in [3.8, 4) is 5.69 Å². The second kappa shape index (κ2) is 7.73. The van der Waals surface area contributed by atoms with Crippen LogP contribution >= 0.6 is 0 Å². The van der Waals surface area contributed by atoms with Crippen LogP contribution in [-0.2, 0) is 13.2 Å². The third-order valence-corrected chi connectivity index (χ3v) is 5.31. The van der Waals surface area contributed by atoms with Gasteiger partial charge < -0.3 is 10.4 Å². The van der Waals surface area contributed by atoms with Gasteiger partial charge in [0, 0.05) is 35.3 Å². The summed E-state index contributed by atoms with van der Waals surface area (Å²) in [5.74, 6) is -0.304. The standard InChI is InChI=1S/C22H21F3N4O2/c1-3-15(12-30)26-21(31)13-4-9-19-17(10-13)18-11-28(2)27-20(18)29(19)16-7-5-14(6-8-16)22(23,24)25/h4-11,15,30H,3,12H2,1-2H3,(H,26,31). The predicted molar refractivity (Wildman–Crippen MR) is 111 cm³/mol. The molecule has 0 aliphatic carbocycles. The van der Waals surface area contributed by atoms with Crippen molar-refractivity contribution >= 4 is 27.8 Å². The number of nitrogens with zero attached hydrogens (tertiary/aromatic N) is 3. The number of hydrogen-bond acceptors (Lipinski definition) is 3. The molecule has 9 heteroatoms. The summed E-state index contributed by atoms with van der Waals surface area (Å²) in [6, 6.07) is 9.70. The van der Waals surface area contributed by atoms with Crippen molar-refractivity contribution in [2.45, 2.75) is 25.6 Å². The summed E-state index contributed by atoms with van der Waals surface area (Å²) in [4.78, 5) is 12.6.